The normalized spacial score (nSPS) is 27.5. The predicted molar refractivity (Wildman–Crippen MR) is 141 cm³/mol. The zero-order chi connectivity index (χ0) is 25.3. The molecule has 2 aromatic rings. The first-order chi connectivity index (χ1) is 17.4. The molecule has 1 saturated carbocycles. The molecule has 0 aliphatic heterocycles. The van der Waals surface area contributed by atoms with Crippen molar-refractivity contribution in [3.05, 3.63) is 83.1 Å². The van der Waals surface area contributed by atoms with Crippen LogP contribution in [0.4, 0.5) is 0 Å². The zero-order valence-corrected chi connectivity index (χ0v) is 22.2. The van der Waals surface area contributed by atoms with Gasteiger partial charge in [-0.3, -0.25) is 4.18 Å². The zero-order valence-electron chi connectivity index (χ0n) is 21.4. The van der Waals surface area contributed by atoms with Gasteiger partial charge in [-0.1, -0.05) is 42.7 Å². The van der Waals surface area contributed by atoms with Gasteiger partial charge in [-0.25, -0.2) is 0 Å². The number of benzene rings is 2. The van der Waals surface area contributed by atoms with Crippen molar-refractivity contribution in [1.29, 1.82) is 0 Å². The number of hydrogen-bond donors (Lipinski definition) is 0. The van der Waals surface area contributed by atoms with E-state index in [-0.39, 0.29) is 23.3 Å². The molecule has 0 aromatic heterocycles. The molecule has 5 rings (SSSR count). The van der Waals surface area contributed by atoms with Gasteiger partial charge in [0.1, 0.15) is 11.5 Å². The van der Waals surface area contributed by atoms with E-state index in [0.717, 1.165) is 36.3 Å². The molecule has 5 nitrogen and oxygen atoms in total. The van der Waals surface area contributed by atoms with E-state index in [2.05, 4.69) is 30.4 Å². The van der Waals surface area contributed by atoms with E-state index in [1.165, 1.54) is 24.0 Å². The molecule has 1 fully saturated rings. The Bertz CT molecular complexity index is 1240. The third-order valence-electron chi connectivity index (χ3n) is 8.41. The van der Waals surface area contributed by atoms with Crippen LogP contribution >= 0.6 is 0 Å². The summed E-state index contributed by atoms with van der Waals surface area (Å²) >= 11 is 0. The molecule has 6 heteroatoms. The molecular formula is C30H36O5S. The van der Waals surface area contributed by atoms with E-state index in [9.17, 15) is 8.42 Å². The van der Waals surface area contributed by atoms with Crippen LogP contribution < -0.4 is 4.74 Å². The van der Waals surface area contributed by atoms with E-state index in [1.807, 2.05) is 13.0 Å². The summed E-state index contributed by atoms with van der Waals surface area (Å²) in [7, 11) is -0.462. The first kappa shape index (κ1) is 25.1. The Kier molecular flexibility index (Phi) is 7.27. The second-order valence-electron chi connectivity index (χ2n) is 10.4. The molecule has 0 heterocycles. The van der Waals surface area contributed by atoms with Crippen molar-refractivity contribution >= 4 is 10.1 Å². The summed E-state index contributed by atoms with van der Waals surface area (Å²) in [4.78, 5) is 0.205. The second kappa shape index (κ2) is 10.4. The minimum absolute atomic E-state index is 0.0300. The average molecular weight is 509 g/mol. The van der Waals surface area contributed by atoms with Crippen molar-refractivity contribution in [2.45, 2.75) is 55.8 Å². The summed E-state index contributed by atoms with van der Waals surface area (Å²) in [6.45, 7) is 2.07. The summed E-state index contributed by atoms with van der Waals surface area (Å²) in [6.07, 6.45) is 12.1. The van der Waals surface area contributed by atoms with Gasteiger partial charge in [0.25, 0.3) is 10.1 Å². The fraction of sp³-hybridized carbons (Fsp3) is 0.467. The Hall–Kier alpha value is -2.57. The molecule has 0 amide bonds. The molecular weight excluding hydrogens is 472 g/mol. The lowest BCUT2D eigenvalue weighted by Gasteiger charge is -2.49. The Morgan fingerprint density at radius 1 is 0.944 bits per heavy atom. The Morgan fingerprint density at radius 3 is 2.42 bits per heavy atom. The molecule has 36 heavy (non-hydrogen) atoms. The highest BCUT2D eigenvalue weighted by molar-refractivity contribution is 7.86. The van der Waals surface area contributed by atoms with Crippen molar-refractivity contribution in [2.24, 2.45) is 17.8 Å². The van der Waals surface area contributed by atoms with E-state index >= 15 is 0 Å². The van der Waals surface area contributed by atoms with Gasteiger partial charge in [0.15, 0.2) is 0 Å². The number of allylic oxidation sites excluding steroid dienone is 3. The number of fused-ring (bicyclic) bond motifs is 3. The minimum atomic E-state index is -3.86. The largest absolute Gasteiger partial charge is 0.497 e. The van der Waals surface area contributed by atoms with Crippen LogP contribution in [-0.2, 0) is 19.0 Å². The van der Waals surface area contributed by atoms with E-state index in [4.69, 9.17) is 13.7 Å². The number of methoxy groups -OCH3 is 2. The Morgan fingerprint density at radius 2 is 1.72 bits per heavy atom. The predicted octanol–water partition coefficient (Wildman–Crippen LogP) is 6.50. The van der Waals surface area contributed by atoms with Crippen LogP contribution in [0, 0.1) is 24.7 Å². The van der Waals surface area contributed by atoms with Crippen LogP contribution in [0.25, 0.3) is 0 Å². The number of hydrogen-bond acceptors (Lipinski definition) is 5. The lowest BCUT2D eigenvalue weighted by molar-refractivity contribution is 0.101. The highest BCUT2D eigenvalue weighted by Gasteiger charge is 2.46. The molecule has 3 aliphatic carbocycles. The van der Waals surface area contributed by atoms with Gasteiger partial charge in [0, 0.05) is 5.92 Å². The maximum Gasteiger partial charge on any atom is 0.296 e. The van der Waals surface area contributed by atoms with Crippen LogP contribution in [0.1, 0.15) is 60.6 Å². The maximum atomic E-state index is 13.2. The van der Waals surface area contributed by atoms with Crippen LogP contribution in [-0.4, -0.2) is 29.2 Å². The van der Waals surface area contributed by atoms with Crippen LogP contribution in [0.5, 0.6) is 5.75 Å². The quantitative estimate of drug-likeness (QED) is 0.399. The molecule has 3 aliphatic rings. The third kappa shape index (κ3) is 4.85. The number of aryl methyl sites for hydroxylation is 1. The van der Waals surface area contributed by atoms with Gasteiger partial charge < -0.3 is 9.47 Å². The Labute approximate surface area is 215 Å². The minimum Gasteiger partial charge on any atom is -0.497 e. The van der Waals surface area contributed by atoms with Gasteiger partial charge in [0.05, 0.1) is 25.7 Å². The maximum absolute atomic E-state index is 13.2. The molecule has 5 atom stereocenters. The molecule has 1 unspecified atom stereocenters. The van der Waals surface area contributed by atoms with Gasteiger partial charge in [0.2, 0.25) is 0 Å². The molecule has 0 N–H and O–H groups in total. The average Bonchev–Trinajstić information content (AvgIpc) is 2.91. The molecule has 0 saturated heterocycles. The van der Waals surface area contributed by atoms with Gasteiger partial charge in [-0.15, -0.1) is 0 Å². The summed E-state index contributed by atoms with van der Waals surface area (Å²) < 4.78 is 43.2. The molecule has 2 aromatic carbocycles. The first-order valence-corrected chi connectivity index (χ1v) is 14.4. The van der Waals surface area contributed by atoms with Crippen LogP contribution in [0.2, 0.25) is 0 Å². The second-order valence-corrected chi connectivity index (χ2v) is 12.0. The smallest absolute Gasteiger partial charge is 0.296 e. The topological polar surface area (TPSA) is 61.8 Å². The standard InChI is InChI=1S/C30H36O5S/c1-20-8-15-24(16-9-20)36(31,32)35-19-29-26-17-14-23(34-3)18-28(26)25-6-4-5-7-27(25)30(29)21-10-12-22(33-2)13-11-21/h8-10,12-18,21,25,27,29-30H,4-7,11,19H2,1-3H3/t21?,25-,27+,29+,30+/m1/s1. The van der Waals surface area contributed by atoms with Crippen molar-refractivity contribution < 1.29 is 22.1 Å². The van der Waals surface area contributed by atoms with Crippen molar-refractivity contribution in [3.8, 4) is 5.75 Å². The van der Waals surface area contributed by atoms with Crippen LogP contribution in [0.15, 0.2) is 71.3 Å². The molecule has 0 bridgehead atoms. The lowest BCUT2D eigenvalue weighted by Crippen LogP contribution is -2.41. The first-order valence-electron chi connectivity index (χ1n) is 13.0. The highest BCUT2D eigenvalue weighted by Crippen LogP contribution is 2.56. The molecule has 192 valence electrons. The van der Waals surface area contributed by atoms with Crippen LogP contribution in [0.3, 0.4) is 0 Å². The summed E-state index contributed by atoms with van der Waals surface area (Å²) in [5.41, 5.74) is 3.53. The number of rotatable bonds is 7. The highest BCUT2D eigenvalue weighted by atomic mass is 32.2. The molecule has 0 spiro atoms. The van der Waals surface area contributed by atoms with E-state index in [0.29, 0.717) is 17.8 Å². The third-order valence-corrected chi connectivity index (χ3v) is 9.71. The van der Waals surface area contributed by atoms with Crippen molar-refractivity contribution in [3.63, 3.8) is 0 Å². The number of ether oxygens (including phenoxy) is 2. The summed E-state index contributed by atoms with van der Waals surface area (Å²) in [5, 5.41) is 0. The van der Waals surface area contributed by atoms with Crippen molar-refractivity contribution in [2.75, 3.05) is 20.8 Å². The van der Waals surface area contributed by atoms with E-state index < -0.39 is 10.1 Å². The molecule has 0 radical (unpaired) electrons. The summed E-state index contributed by atoms with van der Waals surface area (Å²) in [5.74, 6) is 3.24. The van der Waals surface area contributed by atoms with Gasteiger partial charge in [-0.05, 0) is 97.4 Å². The lowest BCUT2D eigenvalue weighted by atomic mass is 9.56. The monoisotopic (exact) mass is 508 g/mol. The fourth-order valence-corrected chi connectivity index (χ4v) is 7.59. The van der Waals surface area contributed by atoms with Crippen molar-refractivity contribution in [1.82, 2.24) is 0 Å². The Balaban J connectivity index is 1.52. The van der Waals surface area contributed by atoms with Gasteiger partial charge in [-0.2, -0.15) is 8.42 Å². The van der Waals surface area contributed by atoms with Gasteiger partial charge >= 0.3 is 0 Å². The van der Waals surface area contributed by atoms with E-state index in [1.54, 1.807) is 38.5 Å². The fourth-order valence-electron chi connectivity index (χ4n) is 6.66. The SMILES string of the molecule is COC1=CCC([C@H]2[C@H]3CCCC[C@H]3c3cc(OC)ccc3[C@@H]2COS(=O)(=O)c2ccc(C)cc2)C=C1. The summed E-state index contributed by atoms with van der Waals surface area (Å²) in [6, 6.07) is 13.2.